The average molecular weight is 544 g/mol. The lowest BCUT2D eigenvalue weighted by molar-refractivity contribution is 0.0746. The Kier molecular flexibility index (Phi) is 7.03. The van der Waals surface area contributed by atoms with Gasteiger partial charge >= 0.3 is 0 Å². The normalized spacial score (nSPS) is 13.4. The zero-order valence-electron chi connectivity index (χ0n) is 22.0. The Morgan fingerprint density at radius 2 is 1.78 bits per heavy atom. The van der Waals surface area contributed by atoms with E-state index in [0.29, 0.717) is 71.0 Å². The Balaban J connectivity index is 1.15. The smallest absolute Gasteiger partial charge is 0.290 e. The first-order valence-electron chi connectivity index (χ1n) is 13.1. The van der Waals surface area contributed by atoms with Gasteiger partial charge < -0.3 is 24.1 Å². The molecule has 41 heavy (non-hydrogen) atoms. The summed E-state index contributed by atoms with van der Waals surface area (Å²) < 4.78 is 11.5. The maximum atomic E-state index is 13.3. The van der Waals surface area contributed by atoms with Crippen LogP contribution in [-0.4, -0.2) is 53.3 Å². The van der Waals surface area contributed by atoms with Crippen molar-refractivity contribution in [2.45, 2.75) is 0 Å². The number of aromatic hydroxyl groups is 1. The molecule has 9 nitrogen and oxygen atoms in total. The summed E-state index contributed by atoms with van der Waals surface area (Å²) >= 11 is 0. The molecule has 1 saturated heterocycles. The Hall–Kier alpha value is -5.62. The predicted octanol–water partition coefficient (Wildman–Crippen LogP) is 5.91. The number of aromatic nitrogens is 1. The number of ether oxygens (including phenoxy) is 1. The molecule has 3 heterocycles. The van der Waals surface area contributed by atoms with E-state index in [1.807, 2.05) is 41.3 Å². The summed E-state index contributed by atoms with van der Waals surface area (Å²) in [6.07, 6.45) is 3.09. The Labute approximate surface area is 236 Å². The second-order valence-corrected chi connectivity index (χ2v) is 9.50. The van der Waals surface area contributed by atoms with Crippen molar-refractivity contribution in [2.24, 2.45) is 4.99 Å². The predicted molar refractivity (Wildman–Crippen MR) is 155 cm³/mol. The molecule has 0 aliphatic carbocycles. The van der Waals surface area contributed by atoms with E-state index in [9.17, 15) is 9.90 Å². The van der Waals surface area contributed by atoms with Gasteiger partial charge in [0.1, 0.15) is 23.4 Å². The number of pyridine rings is 1. The number of para-hydroxylation sites is 1. The van der Waals surface area contributed by atoms with Crippen LogP contribution in [0.15, 0.2) is 101 Å². The minimum atomic E-state index is -0.202. The van der Waals surface area contributed by atoms with E-state index in [4.69, 9.17) is 14.4 Å². The van der Waals surface area contributed by atoms with Gasteiger partial charge in [0.25, 0.3) is 11.9 Å². The van der Waals surface area contributed by atoms with E-state index in [1.165, 1.54) is 6.21 Å². The molecule has 1 aliphatic rings. The number of hydrogen-bond donors (Lipinski definition) is 1. The van der Waals surface area contributed by atoms with Crippen LogP contribution in [0, 0.1) is 11.3 Å². The molecule has 2 aromatic heterocycles. The number of anilines is 1. The number of carbonyl (C=O) groups excluding carboxylic acids is 1. The van der Waals surface area contributed by atoms with Gasteiger partial charge in [-0.1, -0.05) is 24.3 Å². The van der Waals surface area contributed by atoms with E-state index < -0.39 is 0 Å². The molecule has 0 radical (unpaired) electrons. The average Bonchev–Trinajstić information content (AvgIpc) is 3.34. The van der Waals surface area contributed by atoms with Crippen LogP contribution in [0.25, 0.3) is 10.8 Å². The summed E-state index contributed by atoms with van der Waals surface area (Å²) in [7, 11) is 0. The highest BCUT2D eigenvalue weighted by atomic mass is 16.5. The summed E-state index contributed by atoms with van der Waals surface area (Å²) in [5.41, 5.74) is 1.64. The van der Waals surface area contributed by atoms with Gasteiger partial charge in [-0.05, 0) is 60.7 Å². The molecule has 0 atom stereocenters. The number of piperazine rings is 1. The summed E-state index contributed by atoms with van der Waals surface area (Å²) in [5.74, 6) is 2.19. The number of amides is 1. The van der Waals surface area contributed by atoms with Gasteiger partial charge in [-0.25, -0.2) is 4.98 Å². The van der Waals surface area contributed by atoms with Crippen LogP contribution in [0.5, 0.6) is 17.4 Å². The van der Waals surface area contributed by atoms with Crippen molar-refractivity contribution >= 4 is 34.4 Å². The van der Waals surface area contributed by atoms with E-state index in [1.54, 1.807) is 54.7 Å². The maximum Gasteiger partial charge on any atom is 0.290 e. The molecule has 0 spiro atoms. The van der Waals surface area contributed by atoms with Gasteiger partial charge in [-0.3, -0.25) is 9.79 Å². The standard InChI is InChI=1S/C32H25N5O4/c33-19-22-9-12-30(35-20-22)36-13-15-37(16-14-36)31(38)23-5-4-6-24(17-23)34-21-29-28-18-26(10-11-27(28)32(39)41-29)40-25-7-2-1-3-8-25/h1-12,17-18,20-21,39H,13-16H2. The molecule has 6 rings (SSSR count). The van der Waals surface area contributed by atoms with Crippen molar-refractivity contribution in [3.05, 3.63) is 108 Å². The molecular formula is C32H25N5O4. The molecule has 202 valence electrons. The third-order valence-electron chi connectivity index (χ3n) is 6.86. The Morgan fingerprint density at radius 3 is 2.54 bits per heavy atom. The van der Waals surface area contributed by atoms with Crippen LogP contribution in [0.1, 0.15) is 21.7 Å². The quantitative estimate of drug-likeness (QED) is 0.265. The van der Waals surface area contributed by atoms with Gasteiger partial charge in [-0.15, -0.1) is 0 Å². The number of aliphatic imine (C=N–C) groups is 1. The number of fused-ring (bicyclic) bond motifs is 1. The van der Waals surface area contributed by atoms with E-state index in [2.05, 4.69) is 20.9 Å². The molecule has 1 amide bonds. The number of nitrogens with zero attached hydrogens (tertiary/aromatic N) is 5. The molecule has 0 saturated carbocycles. The Morgan fingerprint density at radius 1 is 0.951 bits per heavy atom. The molecular weight excluding hydrogens is 518 g/mol. The number of hydrogen-bond acceptors (Lipinski definition) is 8. The number of rotatable bonds is 6. The summed E-state index contributed by atoms with van der Waals surface area (Å²) in [4.78, 5) is 26.1. The topological polar surface area (TPSA) is 115 Å². The Bertz CT molecular complexity index is 1770. The van der Waals surface area contributed by atoms with Crippen LogP contribution in [0.2, 0.25) is 0 Å². The number of carbonyl (C=O) groups is 1. The number of nitriles is 1. The van der Waals surface area contributed by atoms with Crippen LogP contribution < -0.4 is 9.64 Å². The maximum absolute atomic E-state index is 13.3. The monoisotopic (exact) mass is 543 g/mol. The lowest BCUT2D eigenvalue weighted by Crippen LogP contribution is -2.49. The van der Waals surface area contributed by atoms with Crippen LogP contribution in [0.3, 0.4) is 0 Å². The molecule has 0 unspecified atom stereocenters. The SMILES string of the molecule is N#Cc1ccc(N2CCN(C(=O)c3cccc(N=Cc4oc(O)c5ccc(Oc6ccccc6)cc45)c3)CC2)nc1. The van der Waals surface area contributed by atoms with E-state index in [0.717, 1.165) is 5.82 Å². The van der Waals surface area contributed by atoms with Crippen LogP contribution in [-0.2, 0) is 0 Å². The molecule has 0 bridgehead atoms. The van der Waals surface area contributed by atoms with Gasteiger partial charge in [0.2, 0.25) is 0 Å². The van der Waals surface area contributed by atoms with Gasteiger partial charge in [-0.2, -0.15) is 5.26 Å². The second kappa shape index (κ2) is 11.2. The van der Waals surface area contributed by atoms with Crippen molar-refractivity contribution in [1.29, 1.82) is 5.26 Å². The molecule has 1 aliphatic heterocycles. The molecule has 5 aromatic rings. The fourth-order valence-electron chi connectivity index (χ4n) is 4.72. The summed E-state index contributed by atoms with van der Waals surface area (Å²) in [6, 6.07) is 27.5. The zero-order chi connectivity index (χ0) is 28.2. The largest absolute Gasteiger partial charge is 0.480 e. The van der Waals surface area contributed by atoms with Crippen molar-refractivity contribution in [3.8, 4) is 23.5 Å². The molecule has 9 heteroatoms. The van der Waals surface area contributed by atoms with Gasteiger partial charge in [0.05, 0.1) is 22.9 Å². The van der Waals surface area contributed by atoms with E-state index in [-0.39, 0.29) is 11.9 Å². The van der Waals surface area contributed by atoms with Crippen molar-refractivity contribution < 1.29 is 19.1 Å². The minimum Gasteiger partial charge on any atom is -0.480 e. The first kappa shape index (κ1) is 25.6. The highest BCUT2D eigenvalue weighted by Crippen LogP contribution is 2.34. The fourth-order valence-corrected chi connectivity index (χ4v) is 4.72. The first-order chi connectivity index (χ1) is 20.1. The van der Waals surface area contributed by atoms with Crippen LogP contribution >= 0.6 is 0 Å². The highest BCUT2D eigenvalue weighted by molar-refractivity contribution is 6.01. The van der Waals surface area contributed by atoms with Crippen LogP contribution in [0.4, 0.5) is 11.5 Å². The fraction of sp³-hybridized carbons (Fsp3) is 0.125. The lowest BCUT2D eigenvalue weighted by atomic mass is 10.1. The highest BCUT2D eigenvalue weighted by Gasteiger charge is 2.23. The van der Waals surface area contributed by atoms with Crippen molar-refractivity contribution in [1.82, 2.24) is 9.88 Å². The van der Waals surface area contributed by atoms with Crippen molar-refractivity contribution in [3.63, 3.8) is 0 Å². The van der Waals surface area contributed by atoms with Gasteiger partial charge in [0.15, 0.2) is 5.76 Å². The lowest BCUT2D eigenvalue weighted by Gasteiger charge is -2.35. The van der Waals surface area contributed by atoms with Gasteiger partial charge in [0, 0.05) is 43.3 Å². The first-order valence-corrected chi connectivity index (χ1v) is 13.1. The second-order valence-electron chi connectivity index (χ2n) is 9.50. The summed E-state index contributed by atoms with van der Waals surface area (Å²) in [6.45, 7) is 2.40. The minimum absolute atomic E-state index is 0.0710. The van der Waals surface area contributed by atoms with Crippen molar-refractivity contribution in [2.75, 3.05) is 31.1 Å². The number of furan rings is 1. The molecule has 1 fully saturated rings. The zero-order valence-corrected chi connectivity index (χ0v) is 22.0. The molecule has 1 N–H and O–H groups in total. The third kappa shape index (κ3) is 5.58. The summed E-state index contributed by atoms with van der Waals surface area (Å²) in [5, 5.41) is 20.5. The third-order valence-corrected chi connectivity index (χ3v) is 6.86. The van der Waals surface area contributed by atoms with E-state index >= 15 is 0 Å². The molecule has 3 aromatic carbocycles. The number of benzene rings is 3.